The van der Waals surface area contributed by atoms with Crippen LogP contribution in [0.25, 0.3) is 0 Å². The molecule has 0 saturated carbocycles. The third-order valence-electron chi connectivity index (χ3n) is 3.64. The number of hydrogen-bond acceptors (Lipinski definition) is 6. The van der Waals surface area contributed by atoms with Crippen molar-refractivity contribution in [2.45, 2.75) is 13.0 Å². The maximum atomic E-state index is 12.2. The number of nitrogens with one attached hydrogen (secondary N) is 1. The van der Waals surface area contributed by atoms with Crippen molar-refractivity contribution in [3.8, 4) is 5.75 Å². The second-order valence-electron chi connectivity index (χ2n) is 5.63. The SMILES string of the molecule is COC(=O)c1ccc(NC(=O)Cc2csc(COc3ccccc3)n2)cc1. The van der Waals surface area contributed by atoms with Crippen LogP contribution in [-0.4, -0.2) is 24.0 Å². The van der Waals surface area contributed by atoms with Gasteiger partial charge >= 0.3 is 5.97 Å². The molecule has 0 unspecified atom stereocenters. The lowest BCUT2D eigenvalue weighted by molar-refractivity contribution is -0.115. The minimum Gasteiger partial charge on any atom is -0.486 e. The largest absolute Gasteiger partial charge is 0.486 e. The number of carbonyl (C=O) groups is 2. The fourth-order valence-electron chi connectivity index (χ4n) is 2.34. The first-order valence-corrected chi connectivity index (χ1v) is 9.11. The van der Waals surface area contributed by atoms with Crippen molar-refractivity contribution in [2.24, 2.45) is 0 Å². The molecule has 0 bridgehead atoms. The van der Waals surface area contributed by atoms with Crippen molar-refractivity contribution in [1.82, 2.24) is 4.98 Å². The van der Waals surface area contributed by atoms with Crippen molar-refractivity contribution < 1.29 is 19.1 Å². The van der Waals surface area contributed by atoms with Crippen LogP contribution in [-0.2, 0) is 22.6 Å². The Kier molecular flexibility index (Phi) is 6.17. The highest BCUT2D eigenvalue weighted by molar-refractivity contribution is 7.09. The van der Waals surface area contributed by atoms with E-state index >= 15 is 0 Å². The van der Waals surface area contributed by atoms with Crippen LogP contribution < -0.4 is 10.1 Å². The van der Waals surface area contributed by atoms with Gasteiger partial charge in [-0.15, -0.1) is 11.3 Å². The molecule has 3 rings (SSSR count). The number of thiazole rings is 1. The van der Waals surface area contributed by atoms with E-state index in [2.05, 4.69) is 15.0 Å². The zero-order valence-corrected chi connectivity index (χ0v) is 15.5. The molecule has 1 amide bonds. The van der Waals surface area contributed by atoms with E-state index in [1.807, 2.05) is 35.7 Å². The summed E-state index contributed by atoms with van der Waals surface area (Å²) in [4.78, 5) is 28.0. The standard InChI is InChI=1S/C20H18N2O4S/c1-25-20(24)14-7-9-15(10-8-14)21-18(23)11-16-13-27-19(22-16)12-26-17-5-3-2-4-6-17/h2-10,13H,11-12H2,1H3,(H,21,23). The fourth-order valence-corrected chi connectivity index (χ4v) is 3.04. The lowest BCUT2D eigenvalue weighted by Gasteiger charge is -2.05. The third-order valence-corrected chi connectivity index (χ3v) is 4.51. The van der Waals surface area contributed by atoms with E-state index in [1.165, 1.54) is 18.4 Å². The number of rotatable bonds is 7. The molecule has 0 saturated heterocycles. The molecule has 1 aromatic heterocycles. The minimum absolute atomic E-state index is 0.167. The molecule has 0 radical (unpaired) electrons. The normalized spacial score (nSPS) is 10.3. The molecule has 1 N–H and O–H groups in total. The Balaban J connectivity index is 1.51. The van der Waals surface area contributed by atoms with Gasteiger partial charge in [-0.1, -0.05) is 18.2 Å². The first-order chi connectivity index (χ1) is 13.1. The Labute approximate surface area is 160 Å². The quantitative estimate of drug-likeness (QED) is 0.631. The van der Waals surface area contributed by atoms with E-state index in [0.717, 1.165) is 10.8 Å². The molecular weight excluding hydrogens is 364 g/mol. The van der Waals surface area contributed by atoms with Gasteiger partial charge in [0.2, 0.25) is 5.91 Å². The monoisotopic (exact) mass is 382 g/mol. The van der Waals surface area contributed by atoms with Crippen molar-refractivity contribution in [1.29, 1.82) is 0 Å². The van der Waals surface area contributed by atoms with Gasteiger partial charge in [-0.25, -0.2) is 9.78 Å². The Morgan fingerprint density at radius 2 is 1.81 bits per heavy atom. The molecule has 2 aromatic carbocycles. The maximum Gasteiger partial charge on any atom is 0.337 e. The number of amides is 1. The zero-order valence-electron chi connectivity index (χ0n) is 14.7. The van der Waals surface area contributed by atoms with Crippen molar-refractivity contribution in [3.63, 3.8) is 0 Å². The minimum atomic E-state index is -0.416. The number of ether oxygens (including phenoxy) is 2. The Morgan fingerprint density at radius 1 is 1.07 bits per heavy atom. The summed E-state index contributed by atoms with van der Waals surface area (Å²) in [6.45, 7) is 0.366. The van der Waals surface area contributed by atoms with Gasteiger partial charge in [0.1, 0.15) is 17.4 Å². The second-order valence-corrected chi connectivity index (χ2v) is 6.57. The molecule has 0 aliphatic heterocycles. The molecule has 6 nitrogen and oxygen atoms in total. The van der Waals surface area contributed by atoms with E-state index in [9.17, 15) is 9.59 Å². The van der Waals surface area contributed by atoms with Gasteiger partial charge in [0.25, 0.3) is 0 Å². The summed E-state index contributed by atoms with van der Waals surface area (Å²) in [7, 11) is 1.32. The van der Waals surface area contributed by atoms with Crippen LogP contribution in [0.3, 0.4) is 0 Å². The molecule has 0 atom stereocenters. The highest BCUT2D eigenvalue weighted by Crippen LogP contribution is 2.16. The molecule has 27 heavy (non-hydrogen) atoms. The van der Waals surface area contributed by atoms with Crippen LogP contribution in [0.15, 0.2) is 60.0 Å². The summed E-state index contributed by atoms with van der Waals surface area (Å²) in [5.41, 5.74) is 1.73. The molecule has 7 heteroatoms. The molecule has 0 spiro atoms. The number of nitrogens with zero attached hydrogens (tertiary/aromatic N) is 1. The van der Waals surface area contributed by atoms with Crippen LogP contribution in [0.5, 0.6) is 5.75 Å². The number of para-hydroxylation sites is 1. The number of anilines is 1. The Bertz CT molecular complexity index is 907. The van der Waals surface area contributed by atoms with Crippen molar-refractivity contribution in [2.75, 3.05) is 12.4 Å². The van der Waals surface area contributed by atoms with Crippen LogP contribution in [0, 0.1) is 0 Å². The third kappa shape index (κ3) is 5.39. The summed E-state index contributed by atoms with van der Waals surface area (Å²) in [5, 5.41) is 5.44. The Morgan fingerprint density at radius 3 is 2.52 bits per heavy atom. The zero-order chi connectivity index (χ0) is 19.1. The molecule has 0 aliphatic rings. The van der Waals surface area contributed by atoms with Crippen molar-refractivity contribution >= 4 is 28.9 Å². The smallest absolute Gasteiger partial charge is 0.337 e. The average molecular weight is 382 g/mol. The first-order valence-electron chi connectivity index (χ1n) is 8.23. The molecule has 0 fully saturated rings. The van der Waals surface area contributed by atoms with Gasteiger partial charge in [0, 0.05) is 11.1 Å². The van der Waals surface area contributed by atoms with Crippen LogP contribution >= 0.6 is 11.3 Å². The highest BCUT2D eigenvalue weighted by Gasteiger charge is 2.10. The fraction of sp³-hybridized carbons (Fsp3) is 0.150. The number of carbonyl (C=O) groups excluding carboxylic acids is 2. The van der Waals surface area contributed by atoms with Gasteiger partial charge < -0.3 is 14.8 Å². The highest BCUT2D eigenvalue weighted by atomic mass is 32.1. The summed E-state index contributed by atoms with van der Waals surface area (Å²) < 4.78 is 10.3. The van der Waals surface area contributed by atoms with E-state index in [1.54, 1.807) is 24.3 Å². The predicted molar refractivity (Wildman–Crippen MR) is 103 cm³/mol. The number of methoxy groups -OCH3 is 1. The van der Waals surface area contributed by atoms with Gasteiger partial charge in [0.05, 0.1) is 24.8 Å². The molecular formula is C20H18N2O4S. The lowest BCUT2D eigenvalue weighted by atomic mass is 10.2. The number of esters is 1. The van der Waals surface area contributed by atoms with Crippen molar-refractivity contribution in [3.05, 3.63) is 76.2 Å². The lowest BCUT2D eigenvalue weighted by Crippen LogP contribution is -2.14. The Hall–Kier alpha value is -3.19. The summed E-state index contributed by atoms with van der Waals surface area (Å²) >= 11 is 1.46. The predicted octanol–water partition coefficient (Wildman–Crippen LogP) is 3.69. The number of aromatic nitrogens is 1. The van der Waals surface area contributed by atoms with Gasteiger partial charge in [-0.2, -0.15) is 0 Å². The second kappa shape index (κ2) is 8.95. The molecule has 138 valence electrons. The number of benzene rings is 2. The van der Waals surface area contributed by atoms with Gasteiger partial charge in [-0.05, 0) is 36.4 Å². The van der Waals surface area contributed by atoms with Crippen LogP contribution in [0.4, 0.5) is 5.69 Å². The summed E-state index contributed by atoms with van der Waals surface area (Å²) in [6, 6.07) is 16.0. The van der Waals surface area contributed by atoms with Gasteiger partial charge in [0.15, 0.2) is 0 Å². The van der Waals surface area contributed by atoms with E-state index in [-0.39, 0.29) is 12.3 Å². The molecule has 3 aromatic rings. The number of hydrogen-bond donors (Lipinski definition) is 1. The maximum absolute atomic E-state index is 12.2. The van der Waals surface area contributed by atoms with E-state index in [4.69, 9.17) is 4.74 Å². The van der Waals surface area contributed by atoms with E-state index < -0.39 is 5.97 Å². The van der Waals surface area contributed by atoms with Gasteiger partial charge in [-0.3, -0.25) is 4.79 Å². The molecule has 1 heterocycles. The first kappa shape index (κ1) is 18.6. The van der Waals surface area contributed by atoms with Crippen LogP contribution in [0.2, 0.25) is 0 Å². The average Bonchev–Trinajstić information content (AvgIpc) is 3.14. The molecule has 0 aliphatic carbocycles. The summed E-state index contributed by atoms with van der Waals surface area (Å²) in [5.74, 6) is 0.185. The van der Waals surface area contributed by atoms with E-state index in [0.29, 0.717) is 23.6 Å². The topological polar surface area (TPSA) is 77.5 Å². The van der Waals surface area contributed by atoms with Crippen LogP contribution in [0.1, 0.15) is 21.1 Å². The summed E-state index contributed by atoms with van der Waals surface area (Å²) in [6.07, 6.45) is 0.167.